The third-order valence-corrected chi connectivity index (χ3v) is 2.41. The molecule has 0 aliphatic carbocycles. The first-order valence-electron chi connectivity index (χ1n) is 4.08. The van der Waals surface area contributed by atoms with E-state index in [1.165, 1.54) is 0 Å². The first kappa shape index (κ1) is 11.2. The van der Waals surface area contributed by atoms with Crippen molar-refractivity contribution in [2.24, 2.45) is 5.14 Å². The van der Waals surface area contributed by atoms with Gasteiger partial charge in [-0.3, -0.25) is 0 Å². The predicted molar refractivity (Wildman–Crippen MR) is 54.0 cm³/mol. The summed E-state index contributed by atoms with van der Waals surface area (Å²) >= 11 is 0. The molecule has 4 nitrogen and oxygen atoms in total. The van der Waals surface area contributed by atoms with Crippen LogP contribution in [0.2, 0.25) is 0 Å². The number of hydrogen-bond donors (Lipinski definition) is 1. The highest BCUT2D eigenvalue weighted by molar-refractivity contribution is 7.88. The van der Waals surface area contributed by atoms with Crippen LogP contribution < -0.4 is 5.14 Å². The summed E-state index contributed by atoms with van der Waals surface area (Å²) < 4.78 is 26.6. The maximum Gasteiger partial charge on any atom is 0.213 e. The zero-order valence-electron chi connectivity index (χ0n) is 7.93. The normalized spacial score (nSPS) is 11.6. The molecule has 78 valence electrons. The summed E-state index contributed by atoms with van der Waals surface area (Å²) in [7, 11) is -1.86. The zero-order valence-corrected chi connectivity index (χ0v) is 8.75. The Hall–Kier alpha value is -0.910. The van der Waals surface area contributed by atoms with Gasteiger partial charge in [-0.2, -0.15) is 0 Å². The third-order valence-electron chi connectivity index (χ3n) is 1.67. The topological polar surface area (TPSA) is 69.4 Å². The van der Waals surface area contributed by atoms with E-state index in [9.17, 15) is 8.42 Å². The van der Waals surface area contributed by atoms with Crippen molar-refractivity contribution in [3.63, 3.8) is 0 Å². The molecule has 0 amide bonds. The molecule has 1 rings (SSSR count). The van der Waals surface area contributed by atoms with Gasteiger partial charge in [-0.25, -0.2) is 13.6 Å². The number of hydrogen-bond acceptors (Lipinski definition) is 3. The molecule has 2 N–H and O–H groups in total. The first-order valence-corrected chi connectivity index (χ1v) is 5.80. The van der Waals surface area contributed by atoms with Gasteiger partial charge in [0.05, 0.1) is 12.4 Å². The van der Waals surface area contributed by atoms with Crippen LogP contribution in [-0.2, 0) is 27.1 Å². The van der Waals surface area contributed by atoms with E-state index in [1.807, 2.05) is 6.07 Å². The van der Waals surface area contributed by atoms with Crippen LogP contribution in [0.25, 0.3) is 0 Å². The van der Waals surface area contributed by atoms with Crippen molar-refractivity contribution in [1.29, 1.82) is 0 Å². The molecule has 0 heterocycles. The largest absolute Gasteiger partial charge is 0.380 e. The van der Waals surface area contributed by atoms with Gasteiger partial charge < -0.3 is 4.74 Å². The fourth-order valence-corrected chi connectivity index (χ4v) is 1.85. The average molecular weight is 215 g/mol. The van der Waals surface area contributed by atoms with Crippen LogP contribution in [0.15, 0.2) is 24.3 Å². The maximum atomic E-state index is 10.8. The van der Waals surface area contributed by atoms with Crippen LogP contribution in [0, 0.1) is 0 Å². The molecule has 0 aromatic heterocycles. The second-order valence-electron chi connectivity index (χ2n) is 3.06. The number of methoxy groups -OCH3 is 1. The summed E-state index contributed by atoms with van der Waals surface area (Å²) in [6, 6.07) is 7.16. The van der Waals surface area contributed by atoms with Gasteiger partial charge in [-0.1, -0.05) is 24.3 Å². The minimum atomic E-state index is -3.45. The summed E-state index contributed by atoms with van der Waals surface area (Å²) in [5, 5.41) is 4.93. The third kappa shape index (κ3) is 3.87. The molecule has 0 saturated carbocycles. The van der Waals surface area contributed by atoms with Crippen molar-refractivity contribution in [2.75, 3.05) is 7.11 Å². The zero-order chi connectivity index (χ0) is 10.6. The summed E-state index contributed by atoms with van der Waals surface area (Å²) in [5.74, 6) is -0.134. The molecule has 1 aromatic rings. The monoisotopic (exact) mass is 215 g/mol. The predicted octanol–water partition coefficient (Wildman–Crippen LogP) is 0.622. The van der Waals surface area contributed by atoms with Crippen LogP contribution in [0.3, 0.4) is 0 Å². The number of ether oxygens (including phenoxy) is 1. The molecule has 1 aromatic carbocycles. The van der Waals surface area contributed by atoms with E-state index in [0.717, 1.165) is 5.56 Å². The van der Waals surface area contributed by atoms with Gasteiger partial charge in [0.25, 0.3) is 0 Å². The Balaban J connectivity index is 2.83. The average Bonchev–Trinajstić information content (AvgIpc) is 2.02. The van der Waals surface area contributed by atoms with Crippen molar-refractivity contribution in [3.05, 3.63) is 35.4 Å². The lowest BCUT2D eigenvalue weighted by atomic mass is 10.1. The van der Waals surface area contributed by atoms with Gasteiger partial charge in [0.1, 0.15) is 0 Å². The molecule has 0 bridgehead atoms. The Morgan fingerprint density at radius 1 is 1.36 bits per heavy atom. The molecule has 0 saturated heterocycles. The smallest absolute Gasteiger partial charge is 0.213 e. The van der Waals surface area contributed by atoms with E-state index < -0.39 is 10.0 Å². The minimum absolute atomic E-state index is 0.134. The Morgan fingerprint density at radius 2 is 2.00 bits per heavy atom. The van der Waals surface area contributed by atoms with E-state index in [1.54, 1.807) is 25.3 Å². The van der Waals surface area contributed by atoms with Crippen LogP contribution in [0.4, 0.5) is 0 Å². The van der Waals surface area contributed by atoms with E-state index in [2.05, 4.69) is 0 Å². The number of rotatable bonds is 4. The first-order chi connectivity index (χ1) is 6.51. The summed E-state index contributed by atoms with van der Waals surface area (Å²) in [5.41, 5.74) is 1.62. The number of benzene rings is 1. The van der Waals surface area contributed by atoms with E-state index in [-0.39, 0.29) is 5.75 Å². The van der Waals surface area contributed by atoms with Crippen molar-refractivity contribution >= 4 is 10.0 Å². The van der Waals surface area contributed by atoms with Gasteiger partial charge in [-0.05, 0) is 11.1 Å². The van der Waals surface area contributed by atoms with E-state index >= 15 is 0 Å². The van der Waals surface area contributed by atoms with Crippen molar-refractivity contribution in [3.8, 4) is 0 Å². The molecule has 0 fully saturated rings. The molecule has 0 spiro atoms. The minimum Gasteiger partial charge on any atom is -0.380 e. The van der Waals surface area contributed by atoms with Crippen molar-refractivity contribution < 1.29 is 13.2 Å². The van der Waals surface area contributed by atoms with Gasteiger partial charge in [-0.15, -0.1) is 0 Å². The van der Waals surface area contributed by atoms with Crippen molar-refractivity contribution in [2.45, 2.75) is 12.4 Å². The molecule has 0 aliphatic rings. The Labute approximate surface area is 83.7 Å². The van der Waals surface area contributed by atoms with Gasteiger partial charge in [0, 0.05) is 7.11 Å². The van der Waals surface area contributed by atoms with Crippen molar-refractivity contribution in [1.82, 2.24) is 0 Å². The Morgan fingerprint density at radius 3 is 2.57 bits per heavy atom. The lowest BCUT2D eigenvalue weighted by molar-refractivity contribution is 0.185. The van der Waals surface area contributed by atoms with Crippen LogP contribution in [0.1, 0.15) is 11.1 Å². The lowest BCUT2D eigenvalue weighted by Gasteiger charge is -2.03. The SMILES string of the molecule is COCc1cccc(CS(N)(=O)=O)c1. The van der Waals surface area contributed by atoms with E-state index in [4.69, 9.17) is 9.88 Å². The highest BCUT2D eigenvalue weighted by Gasteiger charge is 2.04. The van der Waals surface area contributed by atoms with Gasteiger partial charge in [0.2, 0.25) is 10.0 Å². The molecule has 0 radical (unpaired) electrons. The molecule has 14 heavy (non-hydrogen) atoms. The Bertz CT molecular complexity index is 400. The summed E-state index contributed by atoms with van der Waals surface area (Å²) in [6.07, 6.45) is 0. The molecule has 0 atom stereocenters. The molecule has 0 unspecified atom stereocenters. The molecule has 0 aliphatic heterocycles. The summed E-state index contributed by atoms with van der Waals surface area (Å²) in [4.78, 5) is 0. The number of nitrogens with two attached hydrogens (primary N) is 1. The number of sulfonamides is 1. The fourth-order valence-electron chi connectivity index (χ4n) is 1.21. The van der Waals surface area contributed by atoms with E-state index in [0.29, 0.717) is 12.2 Å². The molecular weight excluding hydrogens is 202 g/mol. The highest BCUT2D eigenvalue weighted by Crippen LogP contribution is 2.08. The Kier molecular flexibility index (Phi) is 3.62. The van der Waals surface area contributed by atoms with Gasteiger partial charge in [0.15, 0.2) is 0 Å². The van der Waals surface area contributed by atoms with Crippen LogP contribution in [-0.4, -0.2) is 15.5 Å². The summed E-state index contributed by atoms with van der Waals surface area (Å²) in [6.45, 7) is 0.471. The fraction of sp³-hybridized carbons (Fsp3) is 0.333. The second-order valence-corrected chi connectivity index (χ2v) is 4.67. The lowest BCUT2D eigenvalue weighted by Crippen LogP contribution is -2.14. The maximum absolute atomic E-state index is 10.8. The van der Waals surface area contributed by atoms with Crippen LogP contribution in [0.5, 0.6) is 0 Å². The molecular formula is C9H13NO3S. The van der Waals surface area contributed by atoms with Gasteiger partial charge >= 0.3 is 0 Å². The number of primary sulfonamides is 1. The quantitative estimate of drug-likeness (QED) is 0.800. The molecule has 5 heteroatoms. The van der Waals surface area contributed by atoms with Crippen LogP contribution >= 0.6 is 0 Å². The standard InChI is InChI=1S/C9H13NO3S/c1-13-6-8-3-2-4-9(5-8)7-14(10,11)12/h2-5H,6-7H2,1H3,(H2,10,11,12). The highest BCUT2D eigenvalue weighted by atomic mass is 32.2. The second kappa shape index (κ2) is 4.54.